The fourth-order valence-electron chi connectivity index (χ4n) is 7.63. The van der Waals surface area contributed by atoms with E-state index in [-0.39, 0.29) is 29.8 Å². The zero-order valence-electron chi connectivity index (χ0n) is 29.3. The minimum absolute atomic E-state index is 0.00794. The van der Waals surface area contributed by atoms with Crippen molar-refractivity contribution in [1.82, 2.24) is 10.2 Å². The zero-order valence-corrected chi connectivity index (χ0v) is 30.1. The third-order valence-corrected chi connectivity index (χ3v) is 11.4. The van der Waals surface area contributed by atoms with Crippen LogP contribution in [-0.4, -0.2) is 29.3 Å². The number of ether oxygens (including phenoxy) is 1. The van der Waals surface area contributed by atoms with Crippen LogP contribution in [0.15, 0.2) is 59.2 Å². The molecule has 4 rings (SSSR count). The second kappa shape index (κ2) is 18.7. The molecule has 2 heterocycles. The summed E-state index contributed by atoms with van der Waals surface area (Å²) >= 11 is 1.64. The Hall–Kier alpha value is -2.60. The van der Waals surface area contributed by atoms with Crippen LogP contribution in [0.1, 0.15) is 135 Å². The molecule has 46 heavy (non-hydrogen) atoms. The Kier molecular flexibility index (Phi) is 14.7. The van der Waals surface area contributed by atoms with E-state index in [1.54, 1.807) is 11.3 Å². The quantitative estimate of drug-likeness (QED) is 0.164. The van der Waals surface area contributed by atoms with Crippen LogP contribution in [0.3, 0.4) is 0 Å². The van der Waals surface area contributed by atoms with E-state index in [0.29, 0.717) is 31.8 Å². The number of rotatable bonds is 18. The van der Waals surface area contributed by atoms with Crippen LogP contribution in [0.2, 0.25) is 0 Å². The maximum atomic E-state index is 14.1. The fraction of sp³-hybridized carbons (Fsp3) is 0.650. The lowest BCUT2D eigenvalue weighted by molar-refractivity contribution is -0.142. The first kappa shape index (κ1) is 36.2. The van der Waals surface area contributed by atoms with Crippen molar-refractivity contribution in [2.24, 2.45) is 23.7 Å². The van der Waals surface area contributed by atoms with Crippen molar-refractivity contribution in [2.45, 2.75) is 137 Å². The predicted molar refractivity (Wildman–Crippen MR) is 191 cm³/mol. The van der Waals surface area contributed by atoms with Crippen molar-refractivity contribution < 1.29 is 14.3 Å². The third kappa shape index (κ3) is 10.2. The molecule has 5 nitrogen and oxygen atoms in total. The number of unbranched alkanes of at least 4 members (excludes halogenated alkanes) is 4. The molecule has 1 aliphatic heterocycles. The first-order valence-corrected chi connectivity index (χ1v) is 19.2. The molecule has 0 radical (unpaired) electrons. The number of carbonyl (C=O) groups is 2. The van der Waals surface area contributed by atoms with Crippen molar-refractivity contribution in [2.75, 3.05) is 6.54 Å². The molecule has 1 fully saturated rings. The molecule has 0 saturated heterocycles. The molecule has 4 atom stereocenters. The summed E-state index contributed by atoms with van der Waals surface area (Å²) in [5.74, 6) is 2.57. The molecule has 0 bridgehead atoms. The van der Waals surface area contributed by atoms with Crippen LogP contribution in [-0.2, 0) is 20.9 Å². The lowest BCUT2D eigenvalue weighted by atomic mass is 9.78. The Labute approximate surface area is 283 Å². The Balaban J connectivity index is 1.43. The van der Waals surface area contributed by atoms with Gasteiger partial charge in [-0.1, -0.05) is 115 Å². The number of hydrogen-bond acceptors (Lipinski definition) is 4. The molecule has 1 aromatic carbocycles. The molecule has 2 aliphatic rings. The number of allylic oxidation sites excluding steroid dienone is 1. The molecule has 0 spiro atoms. The van der Waals surface area contributed by atoms with Crippen molar-refractivity contribution in [3.63, 3.8) is 0 Å². The third-order valence-electron chi connectivity index (χ3n) is 10.6. The average Bonchev–Trinajstić information content (AvgIpc) is 3.70. The summed E-state index contributed by atoms with van der Waals surface area (Å²) in [4.78, 5) is 31.1. The normalized spacial score (nSPS) is 22.7. The largest absolute Gasteiger partial charge is 0.489 e. The minimum atomic E-state index is -0.531. The fourth-order valence-corrected chi connectivity index (χ4v) is 8.28. The second-order valence-electron chi connectivity index (χ2n) is 14.1. The summed E-state index contributed by atoms with van der Waals surface area (Å²) in [6.45, 7) is 12.0. The average molecular weight is 649 g/mol. The molecule has 1 N–H and O–H groups in total. The zero-order chi connectivity index (χ0) is 32.9. The SMILES string of the molecule is CCCCCCC[C@H]1CC[C@H](CC(=O)N(CCC)[C@@H](CC(C)C2=C(C)[C@@H](C)[C@H](c3ccccc3)O2)C(=O)NCc2cccs2)CC1. The highest BCUT2D eigenvalue weighted by Gasteiger charge is 2.38. The number of amides is 2. The number of nitrogens with one attached hydrogen (secondary N) is 1. The van der Waals surface area contributed by atoms with Crippen LogP contribution < -0.4 is 5.32 Å². The predicted octanol–water partition coefficient (Wildman–Crippen LogP) is 10.2. The van der Waals surface area contributed by atoms with Gasteiger partial charge in [0.2, 0.25) is 11.8 Å². The van der Waals surface area contributed by atoms with E-state index in [1.807, 2.05) is 28.5 Å². The van der Waals surface area contributed by atoms with Crippen LogP contribution in [0, 0.1) is 23.7 Å². The summed E-state index contributed by atoms with van der Waals surface area (Å²) < 4.78 is 6.66. The van der Waals surface area contributed by atoms with Crippen molar-refractivity contribution >= 4 is 23.2 Å². The monoisotopic (exact) mass is 648 g/mol. The maximum absolute atomic E-state index is 14.1. The van der Waals surface area contributed by atoms with Gasteiger partial charge >= 0.3 is 0 Å². The lowest BCUT2D eigenvalue weighted by Gasteiger charge is -2.35. The van der Waals surface area contributed by atoms with Gasteiger partial charge < -0.3 is 15.0 Å². The van der Waals surface area contributed by atoms with Gasteiger partial charge in [0.15, 0.2) is 0 Å². The number of carbonyl (C=O) groups excluding carboxylic acids is 2. The van der Waals surface area contributed by atoms with E-state index in [0.717, 1.165) is 35.8 Å². The minimum Gasteiger partial charge on any atom is -0.489 e. The summed E-state index contributed by atoms with van der Waals surface area (Å²) in [7, 11) is 0. The number of hydrogen-bond donors (Lipinski definition) is 1. The van der Waals surface area contributed by atoms with Gasteiger partial charge in [-0.2, -0.15) is 0 Å². The van der Waals surface area contributed by atoms with Crippen molar-refractivity contribution in [3.05, 3.63) is 69.6 Å². The van der Waals surface area contributed by atoms with Crippen molar-refractivity contribution in [3.8, 4) is 0 Å². The summed E-state index contributed by atoms with van der Waals surface area (Å²) in [5, 5.41) is 5.23. The highest BCUT2D eigenvalue weighted by molar-refractivity contribution is 7.09. The van der Waals surface area contributed by atoms with Crippen LogP contribution >= 0.6 is 11.3 Å². The molecule has 254 valence electrons. The van der Waals surface area contributed by atoms with Gasteiger partial charge in [-0.3, -0.25) is 9.59 Å². The van der Waals surface area contributed by atoms with E-state index < -0.39 is 6.04 Å². The van der Waals surface area contributed by atoms with E-state index in [9.17, 15) is 9.59 Å². The van der Waals surface area contributed by atoms with Crippen LogP contribution in [0.5, 0.6) is 0 Å². The topological polar surface area (TPSA) is 58.6 Å². The molecule has 1 aromatic heterocycles. The van der Waals surface area contributed by atoms with Gasteiger partial charge in [0.05, 0.1) is 12.3 Å². The Morgan fingerprint density at radius 2 is 1.67 bits per heavy atom. The smallest absolute Gasteiger partial charge is 0.243 e. The second-order valence-corrected chi connectivity index (χ2v) is 15.1. The van der Waals surface area contributed by atoms with Gasteiger partial charge in [-0.05, 0) is 67.0 Å². The first-order chi connectivity index (χ1) is 22.3. The van der Waals surface area contributed by atoms with Gasteiger partial charge in [-0.25, -0.2) is 0 Å². The molecular weight excluding hydrogens is 589 g/mol. The number of benzene rings is 1. The van der Waals surface area contributed by atoms with E-state index in [4.69, 9.17) is 4.74 Å². The molecule has 1 unspecified atom stereocenters. The highest BCUT2D eigenvalue weighted by atomic mass is 32.1. The maximum Gasteiger partial charge on any atom is 0.243 e. The molecule has 1 saturated carbocycles. The molecule has 2 amide bonds. The Morgan fingerprint density at radius 1 is 0.957 bits per heavy atom. The summed E-state index contributed by atoms with van der Waals surface area (Å²) in [6, 6.07) is 13.9. The van der Waals surface area contributed by atoms with E-state index >= 15 is 0 Å². The summed E-state index contributed by atoms with van der Waals surface area (Å²) in [5.41, 5.74) is 2.42. The highest BCUT2D eigenvalue weighted by Crippen LogP contribution is 2.44. The van der Waals surface area contributed by atoms with Crippen molar-refractivity contribution in [1.29, 1.82) is 0 Å². The molecule has 6 heteroatoms. The summed E-state index contributed by atoms with van der Waals surface area (Å²) in [6.07, 6.45) is 14.7. The number of nitrogens with zero attached hydrogens (tertiary/aromatic N) is 1. The lowest BCUT2D eigenvalue weighted by Crippen LogP contribution is -2.51. The molecule has 2 aromatic rings. The van der Waals surface area contributed by atoms with Crippen LogP contribution in [0.25, 0.3) is 0 Å². The van der Waals surface area contributed by atoms with E-state index in [2.05, 4.69) is 64.2 Å². The van der Waals surface area contributed by atoms with Crippen LogP contribution in [0.4, 0.5) is 0 Å². The van der Waals surface area contributed by atoms with Gasteiger partial charge in [0.1, 0.15) is 12.1 Å². The molecular formula is C40H60N2O3S. The standard InChI is InChI=1S/C40H60N2O3S/c1-6-8-9-10-12-16-32-20-22-33(23-21-32)27-37(43)42(24-7-2)36(40(44)41-28-35-19-15-25-46-35)26-29(3)38-30(4)31(5)39(45-38)34-17-13-11-14-18-34/h11,13-15,17-19,25,29,31-33,36,39H,6-10,12,16,20-24,26-28H2,1-5H3,(H,41,44)/t29?,31-,32-,33-,36+,39-/m1/s1. The van der Waals surface area contributed by atoms with Gasteiger partial charge in [0.25, 0.3) is 0 Å². The molecule has 1 aliphatic carbocycles. The van der Waals surface area contributed by atoms with E-state index in [1.165, 1.54) is 62.5 Å². The Morgan fingerprint density at radius 3 is 2.35 bits per heavy atom. The first-order valence-electron chi connectivity index (χ1n) is 18.3. The van der Waals surface area contributed by atoms with Gasteiger partial charge in [-0.15, -0.1) is 11.3 Å². The Bertz CT molecular complexity index is 1220. The van der Waals surface area contributed by atoms with Gasteiger partial charge in [0, 0.05) is 29.7 Å². The number of thiophene rings is 1.